The van der Waals surface area contributed by atoms with E-state index in [1.807, 2.05) is 32.0 Å². The Bertz CT molecular complexity index is 594. The maximum absolute atomic E-state index is 12.6. The number of thiazole rings is 1. The van der Waals surface area contributed by atoms with Gasteiger partial charge in [-0.25, -0.2) is 4.98 Å². The molecule has 0 saturated carbocycles. The second kappa shape index (κ2) is 6.00. The summed E-state index contributed by atoms with van der Waals surface area (Å²) in [6, 6.07) is 5.77. The third-order valence-electron chi connectivity index (χ3n) is 2.95. The quantitative estimate of drug-likeness (QED) is 0.939. The van der Waals surface area contributed by atoms with Crippen molar-refractivity contribution in [2.24, 2.45) is 0 Å². The highest BCUT2D eigenvalue weighted by Gasteiger charge is 2.23. The minimum atomic E-state index is -0.0441. The molecule has 106 valence electrons. The summed E-state index contributed by atoms with van der Waals surface area (Å²) < 4.78 is 0. The van der Waals surface area contributed by atoms with Crippen molar-refractivity contribution in [1.82, 2.24) is 14.9 Å². The number of anilines is 1. The van der Waals surface area contributed by atoms with Crippen LogP contribution in [0.4, 0.5) is 5.13 Å². The summed E-state index contributed by atoms with van der Waals surface area (Å²) in [5.41, 5.74) is 7.22. The van der Waals surface area contributed by atoms with Gasteiger partial charge < -0.3 is 10.6 Å². The topological polar surface area (TPSA) is 72.1 Å². The number of aryl methyl sites for hydroxylation is 1. The van der Waals surface area contributed by atoms with E-state index in [2.05, 4.69) is 9.97 Å². The Labute approximate surface area is 122 Å². The smallest absolute Gasteiger partial charge is 0.266 e. The van der Waals surface area contributed by atoms with Gasteiger partial charge in [-0.05, 0) is 32.9 Å². The van der Waals surface area contributed by atoms with Gasteiger partial charge in [0.1, 0.15) is 4.88 Å². The van der Waals surface area contributed by atoms with Gasteiger partial charge >= 0.3 is 0 Å². The van der Waals surface area contributed by atoms with Crippen molar-refractivity contribution in [3.63, 3.8) is 0 Å². The van der Waals surface area contributed by atoms with E-state index in [-0.39, 0.29) is 11.9 Å². The Hall–Kier alpha value is -1.95. The molecule has 0 aliphatic heterocycles. The number of rotatable bonds is 4. The number of aromatic nitrogens is 2. The monoisotopic (exact) mass is 290 g/mol. The van der Waals surface area contributed by atoms with Crippen LogP contribution in [0.1, 0.15) is 34.9 Å². The summed E-state index contributed by atoms with van der Waals surface area (Å²) in [5.74, 6) is -0.0441. The lowest BCUT2D eigenvalue weighted by Crippen LogP contribution is -2.36. The fourth-order valence-electron chi connectivity index (χ4n) is 1.90. The van der Waals surface area contributed by atoms with Crippen molar-refractivity contribution in [2.45, 2.75) is 33.4 Å². The zero-order chi connectivity index (χ0) is 14.7. The van der Waals surface area contributed by atoms with Crippen LogP contribution in [0.25, 0.3) is 0 Å². The second-order valence-corrected chi connectivity index (χ2v) is 5.85. The normalized spacial score (nSPS) is 10.8. The van der Waals surface area contributed by atoms with Crippen molar-refractivity contribution in [3.8, 4) is 0 Å². The van der Waals surface area contributed by atoms with E-state index >= 15 is 0 Å². The molecule has 1 amide bonds. The molecule has 0 bridgehead atoms. The van der Waals surface area contributed by atoms with Gasteiger partial charge in [-0.3, -0.25) is 9.78 Å². The molecule has 0 aliphatic rings. The van der Waals surface area contributed by atoms with E-state index in [0.29, 0.717) is 22.2 Å². The molecule has 0 fully saturated rings. The van der Waals surface area contributed by atoms with Crippen molar-refractivity contribution in [1.29, 1.82) is 0 Å². The van der Waals surface area contributed by atoms with Crippen molar-refractivity contribution >= 4 is 22.4 Å². The molecule has 2 heterocycles. The number of nitrogens with two attached hydrogens (primary N) is 1. The van der Waals surface area contributed by atoms with Gasteiger partial charge in [-0.1, -0.05) is 17.4 Å². The van der Waals surface area contributed by atoms with Crippen LogP contribution in [0, 0.1) is 6.92 Å². The Morgan fingerprint density at radius 3 is 2.70 bits per heavy atom. The number of carbonyl (C=O) groups excluding carboxylic acids is 1. The molecule has 5 nitrogen and oxygen atoms in total. The third-order valence-corrected chi connectivity index (χ3v) is 3.92. The Kier molecular flexibility index (Phi) is 4.34. The standard InChI is InChI=1S/C14H18N4OS/c1-9(2)18(8-11-6-4-5-7-16-11)13(19)12-10(3)17-14(15)20-12/h4-7,9H,8H2,1-3H3,(H2,15,17). The molecule has 2 aromatic heterocycles. The van der Waals surface area contributed by atoms with Gasteiger partial charge in [0.2, 0.25) is 0 Å². The number of amides is 1. The molecule has 0 aromatic carbocycles. The number of pyridine rings is 1. The number of hydrogen-bond acceptors (Lipinski definition) is 5. The maximum Gasteiger partial charge on any atom is 0.266 e. The predicted molar refractivity (Wildman–Crippen MR) is 80.5 cm³/mol. The SMILES string of the molecule is Cc1nc(N)sc1C(=O)N(Cc1ccccn1)C(C)C. The summed E-state index contributed by atoms with van der Waals surface area (Å²) in [4.78, 5) is 23.4. The highest BCUT2D eigenvalue weighted by atomic mass is 32.1. The molecule has 0 aliphatic carbocycles. The van der Waals surface area contributed by atoms with Gasteiger partial charge in [0, 0.05) is 12.2 Å². The van der Waals surface area contributed by atoms with Gasteiger partial charge in [-0.15, -0.1) is 0 Å². The fourth-order valence-corrected chi connectivity index (χ4v) is 2.69. The first-order valence-electron chi connectivity index (χ1n) is 6.43. The zero-order valence-electron chi connectivity index (χ0n) is 11.8. The van der Waals surface area contributed by atoms with Crippen molar-refractivity contribution < 1.29 is 4.79 Å². The molecule has 0 spiro atoms. The molecular weight excluding hydrogens is 272 g/mol. The average molecular weight is 290 g/mol. The van der Waals surface area contributed by atoms with Crippen molar-refractivity contribution in [3.05, 3.63) is 40.7 Å². The number of hydrogen-bond donors (Lipinski definition) is 1. The lowest BCUT2D eigenvalue weighted by atomic mass is 10.2. The number of carbonyl (C=O) groups is 1. The summed E-state index contributed by atoms with van der Waals surface area (Å²) in [7, 11) is 0. The van der Waals surface area contributed by atoms with Crippen LogP contribution in [0.3, 0.4) is 0 Å². The largest absolute Gasteiger partial charge is 0.375 e. The molecule has 0 unspecified atom stereocenters. The molecule has 0 atom stereocenters. The van der Waals surface area contributed by atoms with Gasteiger partial charge in [0.15, 0.2) is 5.13 Å². The molecule has 0 radical (unpaired) electrons. The maximum atomic E-state index is 12.6. The summed E-state index contributed by atoms with van der Waals surface area (Å²) in [5, 5.41) is 0.424. The van der Waals surface area contributed by atoms with Gasteiger partial charge in [0.05, 0.1) is 17.9 Å². The number of nitrogen functional groups attached to an aromatic ring is 1. The highest BCUT2D eigenvalue weighted by Crippen LogP contribution is 2.23. The molecular formula is C14H18N4OS. The third kappa shape index (κ3) is 3.14. The minimum absolute atomic E-state index is 0.0441. The first-order chi connectivity index (χ1) is 9.49. The summed E-state index contributed by atoms with van der Waals surface area (Å²) in [6.45, 7) is 6.26. The van der Waals surface area contributed by atoms with Crippen molar-refractivity contribution in [2.75, 3.05) is 5.73 Å². The Balaban J connectivity index is 2.25. The predicted octanol–water partition coefficient (Wildman–Crippen LogP) is 2.48. The zero-order valence-corrected chi connectivity index (χ0v) is 12.6. The molecule has 0 saturated heterocycles. The molecule has 2 rings (SSSR count). The second-order valence-electron chi connectivity index (χ2n) is 4.81. The number of nitrogens with zero attached hydrogens (tertiary/aromatic N) is 3. The van der Waals surface area contributed by atoms with Crippen LogP contribution in [0.15, 0.2) is 24.4 Å². The highest BCUT2D eigenvalue weighted by molar-refractivity contribution is 7.17. The lowest BCUT2D eigenvalue weighted by molar-refractivity contribution is 0.0692. The minimum Gasteiger partial charge on any atom is -0.375 e. The van der Waals surface area contributed by atoms with Crippen LogP contribution in [0.5, 0.6) is 0 Å². The lowest BCUT2D eigenvalue weighted by Gasteiger charge is -2.26. The first-order valence-corrected chi connectivity index (χ1v) is 7.24. The molecule has 2 N–H and O–H groups in total. The van der Waals surface area contributed by atoms with Crippen LogP contribution < -0.4 is 5.73 Å². The van der Waals surface area contributed by atoms with Gasteiger partial charge in [0.25, 0.3) is 5.91 Å². The fraction of sp³-hybridized carbons (Fsp3) is 0.357. The Morgan fingerprint density at radius 1 is 1.45 bits per heavy atom. The molecule has 2 aromatic rings. The first kappa shape index (κ1) is 14.5. The van der Waals surface area contributed by atoms with E-state index in [4.69, 9.17) is 5.73 Å². The van der Waals surface area contributed by atoms with Gasteiger partial charge in [-0.2, -0.15) is 0 Å². The van der Waals surface area contributed by atoms with E-state index in [9.17, 15) is 4.79 Å². The van der Waals surface area contributed by atoms with Crippen LogP contribution in [-0.2, 0) is 6.54 Å². The Morgan fingerprint density at radius 2 is 2.20 bits per heavy atom. The molecule has 20 heavy (non-hydrogen) atoms. The van der Waals surface area contributed by atoms with E-state index < -0.39 is 0 Å². The molecule has 6 heteroatoms. The van der Waals surface area contributed by atoms with E-state index in [0.717, 1.165) is 5.69 Å². The van der Waals surface area contributed by atoms with E-state index in [1.165, 1.54) is 11.3 Å². The van der Waals surface area contributed by atoms with Crippen LogP contribution >= 0.6 is 11.3 Å². The average Bonchev–Trinajstić information content (AvgIpc) is 2.75. The van der Waals surface area contributed by atoms with E-state index in [1.54, 1.807) is 18.0 Å². The summed E-state index contributed by atoms with van der Waals surface area (Å²) in [6.07, 6.45) is 1.73. The van der Waals surface area contributed by atoms with Crippen LogP contribution in [0.2, 0.25) is 0 Å². The summed E-state index contributed by atoms with van der Waals surface area (Å²) >= 11 is 1.23. The van der Waals surface area contributed by atoms with Crippen LogP contribution in [-0.4, -0.2) is 26.8 Å².